The molecule has 6 nitrogen and oxygen atoms in total. The summed E-state index contributed by atoms with van der Waals surface area (Å²) in [6, 6.07) is 3.23. The molecule has 2 aromatic rings. The van der Waals surface area contributed by atoms with Gasteiger partial charge in [0.15, 0.2) is 5.82 Å². The molecule has 0 unspecified atom stereocenters. The molecule has 9 heteroatoms. The molecule has 1 aromatic heterocycles. The normalized spacial score (nSPS) is 11.1. The molecule has 0 amide bonds. The molecule has 0 radical (unpaired) electrons. The van der Waals surface area contributed by atoms with E-state index in [2.05, 4.69) is 25.9 Å². The van der Waals surface area contributed by atoms with E-state index in [0.717, 1.165) is 12.3 Å². The molecule has 0 aliphatic rings. The summed E-state index contributed by atoms with van der Waals surface area (Å²) in [5.41, 5.74) is 0.852. The van der Waals surface area contributed by atoms with E-state index in [1.165, 1.54) is 18.3 Å². The smallest absolute Gasteiger partial charge is 0.229 e. The molecule has 1 aromatic carbocycles. The van der Waals surface area contributed by atoms with Crippen LogP contribution >= 0.6 is 11.6 Å². The molecule has 0 saturated heterocycles. The molecule has 0 aliphatic carbocycles. The summed E-state index contributed by atoms with van der Waals surface area (Å²) in [4.78, 5) is 8.18. The molecule has 126 valence electrons. The van der Waals surface area contributed by atoms with E-state index in [9.17, 15) is 8.78 Å². The van der Waals surface area contributed by atoms with Gasteiger partial charge in [0.2, 0.25) is 5.95 Å². The minimum Gasteiger partial charge on any atom is -0.392 e. The summed E-state index contributed by atoms with van der Waals surface area (Å²) < 4.78 is 26.4. The van der Waals surface area contributed by atoms with Gasteiger partial charge in [-0.05, 0) is 17.7 Å². The Hall–Kier alpha value is -2.74. The standard InChI is InChI=1S/C15H15ClF2N6/c1-20-7-12(5-19)23-15-22-8-13(16)14(24-15)21-6-9-2-10(17)4-11(18)3-9/h2-5,7-8,19-20H,6H2,1H3,(H2,21,22,23,24)/b12-7+,19-5?. The predicted molar refractivity (Wildman–Crippen MR) is 90.3 cm³/mol. The fourth-order valence-corrected chi connectivity index (χ4v) is 2.01. The van der Waals surface area contributed by atoms with E-state index in [-0.39, 0.29) is 17.5 Å². The SMILES string of the molecule is CN/C=C(\C=N)Nc1ncc(Cl)c(NCc2cc(F)cc(F)c2)n1. The van der Waals surface area contributed by atoms with Crippen LogP contribution in [0.1, 0.15) is 5.56 Å². The number of benzene rings is 1. The molecule has 0 aliphatic heterocycles. The first kappa shape index (κ1) is 17.6. The van der Waals surface area contributed by atoms with E-state index in [4.69, 9.17) is 17.0 Å². The Bertz CT molecular complexity index is 745. The second kappa shape index (κ2) is 8.21. The van der Waals surface area contributed by atoms with Crippen LogP contribution in [0.2, 0.25) is 5.02 Å². The van der Waals surface area contributed by atoms with E-state index >= 15 is 0 Å². The minimum absolute atomic E-state index is 0.134. The Balaban J connectivity index is 2.13. The molecule has 1 heterocycles. The number of halogens is 3. The number of hydrogen-bond acceptors (Lipinski definition) is 6. The number of anilines is 2. The maximum atomic E-state index is 13.2. The molecule has 4 N–H and O–H groups in total. The van der Waals surface area contributed by atoms with Gasteiger partial charge in [0.25, 0.3) is 0 Å². The lowest BCUT2D eigenvalue weighted by Crippen LogP contribution is -2.10. The second-order valence-corrected chi connectivity index (χ2v) is 5.09. The Morgan fingerprint density at radius 3 is 2.62 bits per heavy atom. The monoisotopic (exact) mass is 352 g/mol. The van der Waals surface area contributed by atoms with E-state index < -0.39 is 11.6 Å². The van der Waals surface area contributed by atoms with Crippen molar-refractivity contribution >= 4 is 29.6 Å². The lowest BCUT2D eigenvalue weighted by molar-refractivity contribution is 0.580. The van der Waals surface area contributed by atoms with Crippen molar-refractivity contribution in [2.75, 3.05) is 17.7 Å². The zero-order valence-corrected chi connectivity index (χ0v) is 13.5. The molecular weight excluding hydrogens is 338 g/mol. The van der Waals surface area contributed by atoms with Gasteiger partial charge in [-0.2, -0.15) is 4.98 Å². The fraction of sp³-hybridized carbons (Fsp3) is 0.133. The van der Waals surface area contributed by atoms with Crippen LogP contribution in [-0.2, 0) is 6.54 Å². The maximum absolute atomic E-state index is 13.2. The summed E-state index contributed by atoms with van der Waals surface area (Å²) in [5.74, 6) is -0.795. The van der Waals surface area contributed by atoms with Crippen molar-refractivity contribution < 1.29 is 8.78 Å². The lowest BCUT2D eigenvalue weighted by atomic mass is 10.2. The average molecular weight is 353 g/mol. The number of hydrogen-bond donors (Lipinski definition) is 4. The van der Waals surface area contributed by atoms with Gasteiger partial charge >= 0.3 is 0 Å². The number of nitrogens with one attached hydrogen (secondary N) is 4. The highest BCUT2D eigenvalue weighted by molar-refractivity contribution is 6.32. The van der Waals surface area contributed by atoms with Gasteiger partial charge in [0.1, 0.15) is 16.7 Å². The molecule has 2 rings (SSSR count). The van der Waals surface area contributed by atoms with Crippen LogP contribution < -0.4 is 16.0 Å². The summed E-state index contributed by atoms with van der Waals surface area (Å²) in [5, 5.41) is 16.0. The number of rotatable bonds is 7. The highest BCUT2D eigenvalue weighted by Crippen LogP contribution is 2.21. The molecule has 0 atom stereocenters. The summed E-state index contributed by atoms with van der Waals surface area (Å²) in [6.07, 6.45) is 4.04. The molecule has 0 saturated carbocycles. The van der Waals surface area contributed by atoms with Gasteiger partial charge in [-0.25, -0.2) is 13.8 Å². The molecular formula is C15H15ClF2N6. The van der Waals surface area contributed by atoms with Crippen LogP contribution in [0.4, 0.5) is 20.5 Å². The Kier molecular flexibility index (Phi) is 6.02. The van der Waals surface area contributed by atoms with Gasteiger partial charge in [0, 0.05) is 32.1 Å². The van der Waals surface area contributed by atoms with Crippen molar-refractivity contribution in [1.82, 2.24) is 15.3 Å². The van der Waals surface area contributed by atoms with Gasteiger partial charge in [-0.15, -0.1) is 0 Å². The first-order valence-corrected chi connectivity index (χ1v) is 7.26. The summed E-state index contributed by atoms with van der Waals surface area (Å²) in [6.45, 7) is 0.134. The lowest BCUT2D eigenvalue weighted by Gasteiger charge is -2.10. The minimum atomic E-state index is -0.657. The summed E-state index contributed by atoms with van der Waals surface area (Å²) >= 11 is 6.02. The number of aromatic nitrogens is 2. The third kappa shape index (κ3) is 4.88. The number of nitrogens with zero attached hydrogens (tertiary/aromatic N) is 2. The van der Waals surface area contributed by atoms with E-state index in [1.54, 1.807) is 13.2 Å². The Labute approximate surface area is 142 Å². The van der Waals surface area contributed by atoms with Gasteiger partial charge in [-0.3, -0.25) is 0 Å². The van der Waals surface area contributed by atoms with Gasteiger partial charge < -0.3 is 21.4 Å². The quantitative estimate of drug-likeness (QED) is 0.575. The first-order valence-electron chi connectivity index (χ1n) is 6.88. The van der Waals surface area contributed by atoms with Gasteiger partial charge in [0.05, 0.1) is 11.9 Å². The zero-order valence-electron chi connectivity index (χ0n) is 12.7. The van der Waals surface area contributed by atoms with Gasteiger partial charge in [-0.1, -0.05) is 11.6 Å². The second-order valence-electron chi connectivity index (χ2n) is 4.68. The van der Waals surface area contributed by atoms with Crippen molar-refractivity contribution in [2.24, 2.45) is 0 Å². The van der Waals surface area contributed by atoms with E-state index in [0.29, 0.717) is 17.1 Å². The van der Waals surface area contributed by atoms with Crippen LogP contribution in [0.25, 0.3) is 0 Å². The predicted octanol–water partition coefficient (Wildman–Crippen LogP) is 3.14. The van der Waals surface area contributed by atoms with E-state index in [1.807, 2.05) is 0 Å². The zero-order chi connectivity index (χ0) is 17.5. The van der Waals surface area contributed by atoms with Crippen LogP contribution in [0.5, 0.6) is 0 Å². The average Bonchev–Trinajstić information content (AvgIpc) is 2.54. The highest BCUT2D eigenvalue weighted by atomic mass is 35.5. The van der Waals surface area contributed by atoms with Crippen molar-refractivity contribution in [3.8, 4) is 0 Å². The first-order chi connectivity index (χ1) is 11.5. The third-order valence-corrected chi connectivity index (χ3v) is 3.11. The largest absolute Gasteiger partial charge is 0.392 e. The van der Waals surface area contributed by atoms with Crippen LogP contribution in [0, 0.1) is 17.0 Å². The Morgan fingerprint density at radius 2 is 2.00 bits per heavy atom. The number of allylic oxidation sites excluding steroid dienone is 1. The van der Waals surface area contributed by atoms with Crippen LogP contribution in [0.15, 0.2) is 36.3 Å². The topological polar surface area (TPSA) is 85.7 Å². The van der Waals surface area contributed by atoms with Crippen LogP contribution in [-0.4, -0.2) is 23.2 Å². The van der Waals surface area contributed by atoms with Crippen molar-refractivity contribution in [3.63, 3.8) is 0 Å². The Morgan fingerprint density at radius 1 is 1.29 bits per heavy atom. The molecule has 0 spiro atoms. The van der Waals surface area contributed by atoms with Crippen LogP contribution in [0.3, 0.4) is 0 Å². The van der Waals surface area contributed by atoms with Crippen molar-refractivity contribution in [1.29, 1.82) is 5.41 Å². The van der Waals surface area contributed by atoms with Crippen molar-refractivity contribution in [3.05, 3.63) is 58.5 Å². The molecule has 24 heavy (non-hydrogen) atoms. The molecule has 0 fully saturated rings. The summed E-state index contributed by atoms with van der Waals surface area (Å²) in [7, 11) is 1.69. The highest BCUT2D eigenvalue weighted by Gasteiger charge is 2.07. The molecule has 0 bridgehead atoms. The maximum Gasteiger partial charge on any atom is 0.229 e. The third-order valence-electron chi connectivity index (χ3n) is 2.84. The fourth-order valence-electron chi connectivity index (χ4n) is 1.85. The van der Waals surface area contributed by atoms with Crippen molar-refractivity contribution in [2.45, 2.75) is 6.54 Å².